The first kappa shape index (κ1) is 52.4. The maximum Gasteiger partial charge on any atom is 0.0473 e. The van der Waals surface area contributed by atoms with Gasteiger partial charge < -0.3 is 9.80 Å². The van der Waals surface area contributed by atoms with Crippen LogP contribution in [0.3, 0.4) is 0 Å². The van der Waals surface area contributed by atoms with Crippen molar-refractivity contribution in [2.24, 2.45) is 5.92 Å². The molecule has 83 heavy (non-hydrogen) atoms. The molecule has 2 heteroatoms. The van der Waals surface area contributed by atoms with Gasteiger partial charge in [0.2, 0.25) is 0 Å². The topological polar surface area (TPSA) is 6.48 Å². The van der Waals surface area contributed by atoms with Gasteiger partial charge in [-0.25, -0.2) is 0 Å². The Morgan fingerprint density at radius 2 is 0.964 bits per heavy atom. The van der Waals surface area contributed by atoms with Crippen molar-refractivity contribution in [3.8, 4) is 44.5 Å². The molecule has 0 bridgehead atoms. The van der Waals surface area contributed by atoms with Gasteiger partial charge in [-0.1, -0.05) is 250 Å². The van der Waals surface area contributed by atoms with Crippen LogP contribution in [0, 0.1) is 5.92 Å². The quantitative estimate of drug-likeness (QED) is 0.0890. The molecule has 1 saturated carbocycles. The van der Waals surface area contributed by atoms with Crippen LogP contribution < -0.4 is 9.80 Å². The summed E-state index contributed by atoms with van der Waals surface area (Å²) in [5.74, 6) is 0.413. The number of hydrogen-bond acceptors (Lipinski definition) is 2. The highest BCUT2D eigenvalue weighted by Gasteiger charge is 2.57. The fourth-order valence-electron chi connectivity index (χ4n) is 12.5. The zero-order valence-electron chi connectivity index (χ0n) is 46.9. The Hall–Kier alpha value is -10.0. The van der Waals surface area contributed by atoms with Crippen molar-refractivity contribution in [3.63, 3.8) is 0 Å². The van der Waals surface area contributed by atoms with E-state index in [1.807, 2.05) is 18.2 Å². The van der Waals surface area contributed by atoms with Crippen molar-refractivity contribution in [1.82, 2.24) is 0 Å². The molecule has 1 fully saturated rings. The monoisotopic (exact) mass is 1070 g/mol. The molecule has 0 spiro atoms. The highest BCUT2D eigenvalue weighted by atomic mass is 15.2. The zero-order valence-corrected chi connectivity index (χ0v) is 46.9. The Kier molecular flexibility index (Phi) is 14.9. The third-order valence-corrected chi connectivity index (χ3v) is 16.9. The smallest absolute Gasteiger partial charge is 0.0473 e. The van der Waals surface area contributed by atoms with Crippen molar-refractivity contribution >= 4 is 33.9 Å². The normalized spacial score (nSPS) is 17.3. The van der Waals surface area contributed by atoms with Gasteiger partial charge in [-0.3, -0.25) is 0 Å². The molecular weight excluding hydrogens is 1000 g/mol. The average Bonchev–Trinajstić information content (AvgIpc) is 2.25. The highest BCUT2D eigenvalue weighted by molar-refractivity contribution is 5.87. The summed E-state index contributed by atoms with van der Waals surface area (Å²) in [6.45, 7) is 8.09. The summed E-state index contributed by atoms with van der Waals surface area (Å²) in [5, 5.41) is 0. The van der Waals surface area contributed by atoms with Crippen molar-refractivity contribution in [2.75, 3.05) is 9.80 Å². The van der Waals surface area contributed by atoms with E-state index in [1.54, 1.807) is 0 Å². The maximum atomic E-state index is 4.12. The van der Waals surface area contributed by atoms with E-state index in [4.69, 9.17) is 0 Å². The molecule has 2 nitrogen and oxygen atoms in total. The standard InChI is InChI=1S/C81H66N2/c1-3-22-59(4-2)63-31-21-34-73(46-39-63)83(78-56-79(69-29-17-9-18-30-69)80-58-81(80,57-78)72-32-19-10-20-33-72)76-51-44-68(45-52-76)65-37-35-64(36-38-65)67-42-49-75(50-43-67)82(74-47-40-66(41-48-74)60-23-11-5-6-12-24-60)77-54-70(61-25-13-7-14-26-61)53-71(55-77)62-27-15-8-16-28-62/h3-4,7-11,13-33,35-57,80H,1-2,5-6,12,34,58H2/b59-22+. The molecule has 0 aliphatic heterocycles. The molecule has 400 valence electrons. The first-order valence-electron chi connectivity index (χ1n) is 29.2. The number of hydrogen-bond donors (Lipinski definition) is 0. The SMILES string of the molecule is C=C/C=C(\C=C)C1=CC=C(N(C2=CC3(c4ccccc4)CC3C(c3ccccc3)=C2)c2ccc(-c3ccc(-c4ccc(N(c5ccc(C6=CCCCC=C6)cc5)c5cc(-c6ccccc6)cc(-c6ccccc6)c5)cc4)cc3)cc2)CC=C1. The molecule has 2 unspecified atom stereocenters. The molecule has 4 aliphatic carbocycles. The molecule has 9 aromatic rings. The van der Waals surface area contributed by atoms with E-state index in [-0.39, 0.29) is 5.41 Å². The highest BCUT2D eigenvalue weighted by Crippen LogP contribution is 2.64. The van der Waals surface area contributed by atoms with E-state index in [2.05, 4.69) is 314 Å². The van der Waals surface area contributed by atoms with Crippen molar-refractivity contribution in [2.45, 2.75) is 37.5 Å². The second-order valence-corrected chi connectivity index (χ2v) is 22.0. The number of nitrogens with zero attached hydrogens (tertiary/aromatic N) is 2. The molecular formula is C81H66N2. The van der Waals surface area contributed by atoms with Gasteiger partial charge in [0.25, 0.3) is 0 Å². The van der Waals surface area contributed by atoms with E-state index in [9.17, 15) is 0 Å². The van der Waals surface area contributed by atoms with Gasteiger partial charge >= 0.3 is 0 Å². The number of fused-ring (bicyclic) bond motifs is 1. The summed E-state index contributed by atoms with van der Waals surface area (Å²) >= 11 is 0. The predicted molar refractivity (Wildman–Crippen MR) is 353 cm³/mol. The van der Waals surface area contributed by atoms with Crippen LogP contribution >= 0.6 is 0 Å². The first-order chi connectivity index (χ1) is 41.0. The van der Waals surface area contributed by atoms with E-state index in [0.29, 0.717) is 5.92 Å². The molecule has 0 saturated heterocycles. The summed E-state index contributed by atoms with van der Waals surface area (Å²) in [4.78, 5) is 4.89. The molecule has 2 atom stereocenters. The summed E-state index contributed by atoms with van der Waals surface area (Å²) in [6.07, 6.45) is 32.0. The van der Waals surface area contributed by atoms with Gasteiger partial charge in [-0.05, 0) is 188 Å². The van der Waals surface area contributed by atoms with Crippen LogP contribution in [0.25, 0.3) is 55.7 Å². The maximum absolute atomic E-state index is 4.12. The minimum absolute atomic E-state index is 0.0849. The fourth-order valence-corrected chi connectivity index (χ4v) is 12.5. The zero-order chi connectivity index (χ0) is 56.0. The summed E-state index contributed by atoms with van der Waals surface area (Å²) in [7, 11) is 0. The van der Waals surface area contributed by atoms with Crippen LogP contribution in [0.5, 0.6) is 0 Å². The van der Waals surface area contributed by atoms with E-state index < -0.39 is 0 Å². The minimum atomic E-state index is -0.0849. The fraction of sp³-hybridized carbons (Fsp3) is 0.0864. The Balaban J connectivity index is 0.830. The van der Waals surface area contributed by atoms with Crippen LogP contribution in [-0.2, 0) is 5.41 Å². The number of allylic oxidation sites excluding steroid dienone is 16. The largest absolute Gasteiger partial charge is 0.314 e. The Bertz CT molecular complexity index is 4020. The number of benzene rings is 9. The lowest BCUT2D eigenvalue weighted by Crippen LogP contribution is -2.25. The second kappa shape index (κ2) is 23.6. The van der Waals surface area contributed by atoms with Gasteiger partial charge in [0, 0.05) is 46.0 Å². The molecule has 13 rings (SSSR count). The van der Waals surface area contributed by atoms with E-state index in [0.717, 1.165) is 65.1 Å². The van der Waals surface area contributed by atoms with Crippen LogP contribution in [0.15, 0.2) is 345 Å². The Morgan fingerprint density at radius 1 is 0.458 bits per heavy atom. The molecule has 4 aliphatic rings. The van der Waals surface area contributed by atoms with Crippen molar-refractivity contribution in [1.29, 1.82) is 0 Å². The second-order valence-electron chi connectivity index (χ2n) is 22.0. The molecule has 0 N–H and O–H groups in total. The number of rotatable bonds is 16. The predicted octanol–water partition coefficient (Wildman–Crippen LogP) is 21.8. The Labute approximate surface area is 490 Å². The lowest BCUT2D eigenvalue weighted by atomic mass is 9.83. The van der Waals surface area contributed by atoms with Crippen LogP contribution in [0.1, 0.15) is 48.8 Å². The van der Waals surface area contributed by atoms with Crippen molar-refractivity contribution in [3.05, 3.63) is 362 Å². The summed E-state index contributed by atoms with van der Waals surface area (Å²) < 4.78 is 0. The summed E-state index contributed by atoms with van der Waals surface area (Å²) in [6, 6.07) is 86.9. The number of anilines is 4. The van der Waals surface area contributed by atoms with Gasteiger partial charge in [0.05, 0.1) is 0 Å². The molecule has 0 amide bonds. The van der Waals surface area contributed by atoms with E-state index in [1.165, 1.54) is 84.6 Å². The van der Waals surface area contributed by atoms with Crippen LogP contribution in [0.2, 0.25) is 0 Å². The van der Waals surface area contributed by atoms with Crippen LogP contribution in [0.4, 0.5) is 22.7 Å². The van der Waals surface area contributed by atoms with Gasteiger partial charge in [0.1, 0.15) is 0 Å². The third-order valence-electron chi connectivity index (χ3n) is 16.9. The first-order valence-corrected chi connectivity index (χ1v) is 29.2. The average molecular weight is 1070 g/mol. The van der Waals surface area contributed by atoms with Gasteiger partial charge in [0.15, 0.2) is 0 Å². The molecule has 0 heterocycles. The van der Waals surface area contributed by atoms with E-state index >= 15 is 0 Å². The Morgan fingerprint density at radius 3 is 1.52 bits per heavy atom. The molecule has 0 radical (unpaired) electrons. The lowest BCUT2D eigenvalue weighted by Gasteiger charge is -2.33. The molecule has 9 aromatic carbocycles. The third kappa shape index (κ3) is 11.0. The van der Waals surface area contributed by atoms with Crippen molar-refractivity contribution < 1.29 is 0 Å². The van der Waals surface area contributed by atoms with Crippen LogP contribution in [-0.4, -0.2) is 0 Å². The minimum Gasteiger partial charge on any atom is -0.314 e. The van der Waals surface area contributed by atoms with Gasteiger partial charge in [-0.15, -0.1) is 0 Å². The lowest BCUT2D eigenvalue weighted by molar-refractivity contribution is 0.809. The molecule has 0 aromatic heterocycles. The van der Waals surface area contributed by atoms with Gasteiger partial charge in [-0.2, -0.15) is 0 Å². The summed E-state index contributed by atoms with van der Waals surface area (Å²) in [5.41, 5.74) is 24.8.